The van der Waals surface area contributed by atoms with E-state index >= 15 is 0 Å². The van der Waals surface area contributed by atoms with Crippen LogP contribution in [-0.2, 0) is 9.59 Å². The number of hydrogen-bond acceptors (Lipinski definition) is 4. The van der Waals surface area contributed by atoms with Gasteiger partial charge in [0.15, 0.2) is 0 Å². The van der Waals surface area contributed by atoms with E-state index in [0.717, 1.165) is 25.9 Å². The second kappa shape index (κ2) is 7.55. The number of carbonyl (C=O) groups excluding carboxylic acids is 3. The lowest BCUT2D eigenvalue weighted by Gasteiger charge is -2.41. The van der Waals surface area contributed by atoms with Crippen molar-refractivity contribution in [3.05, 3.63) is 0 Å². The third-order valence-electron chi connectivity index (χ3n) is 6.20. The van der Waals surface area contributed by atoms with Gasteiger partial charge in [0.25, 0.3) is 5.91 Å². The molecule has 2 heterocycles. The van der Waals surface area contributed by atoms with E-state index in [0.29, 0.717) is 19.4 Å². The van der Waals surface area contributed by atoms with Gasteiger partial charge in [-0.2, -0.15) is 0 Å². The van der Waals surface area contributed by atoms with Crippen LogP contribution in [0.4, 0.5) is 4.79 Å². The normalized spacial score (nSPS) is 23.5. The van der Waals surface area contributed by atoms with Crippen molar-refractivity contribution >= 4 is 17.8 Å². The predicted molar refractivity (Wildman–Crippen MR) is 98.6 cm³/mol. The summed E-state index contributed by atoms with van der Waals surface area (Å²) in [5, 5.41) is 5.84. The zero-order chi connectivity index (χ0) is 18.8. The lowest BCUT2D eigenvalue weighted by molar-refractivity contribution is -0.131. The third-order valence-corrected chi connectivity index (χ3v) is 6.20. The topological polar surface area (TPSA) is 81.8 Å². The van der Waals surface area contributed by atoms with Crippen molar-refractivity contribution in [2.75, 3.05) is 26.2 Å². The Bertz CT molecular complexity index is 563. The van der Waals surface area contributed by atoms with Crippen LogP contribution in [0.2, 0.25) is 0 Å². The number of hydrogen-bond donors (Lipinski definition) is 2. The molecule has 4 amide bonds. The Morgan fingerprint density at radius 1 is 1.12 bits per heavy atom. The first kappa shape index (κ1) is 19.1. The van der Waals surface area contributed by atoms with Crippen molar-refractivity contribution in [2.45, 2.75) is 76.3 Å². The predicted octanol–water partition coefficient (Wildman–Crippen LogP) is 1.62. The fourth-order valence-corrected chi connectivity index (χ4v) is 4.42. The van der Waals surface area contributed by atoms with Crippen LogP contribution in [-0.4, -0.2) is 64.9 Å². The first-order valence-corrected chi connectivity index (χ1v) is 10.00. The molecule has 0 aromatic heterocycles. The highest BCUT2D eigenvalue weighted by Gasteiger charge is 2.52. The second-order valence-electron chi connectivity index (χ2n) is 8.56. The van der Waals surface area contributed by atoms with Gasteiger partial charge in [-0.15, -0.1) is 0 Å². The highest BCUT2D eigenvalue weighted by molar-refractivity contribution is 6.07. The summed E-state index contributed by atoms with van der Waals surface area (Å²) in [5.41, 5.74) is -0.769. The van der Waals surface area contributed by atoms with Crippen molar-refractivity contribution in [1.82, 2.24) is 20.4 Å². The molecule has 1 saturated carbocycles. The summed E-state index contributed by atoms with van der Waals surface area (Å²) in [6.45, 7) is 7.19. The third kappa shape index (κ3) is 3.87. The number of imide groups is 1. The Morgan fingerprint density at radius 2 is 1.77 bits per heavy atom. The van der Waals surface area contributed by atoms with Gasteiger partial charge in [-0.25, -0.2) is 4.79 Å². The molecule has 3 rings (SSSR count). The van der Waals surface area contributed by atoms with Crippen LogP contribution >= 0.6 is 0 Å². The molecule has 2 aliphatic heterocycles. The van der Waals surface area contributed by atoms with E-state index < -0.39 is 5.54 Å². The Morgan fingerprint density at radius 3 is 2.42 bits per heavy atom. The summed E-state index contributed by atoms with van der Waals surface area (Å²) in [6.07, 6.45) is 7.22. The number of likely N-dealkylation sites (tertiary alicyclic amines) is 1. The molecule has 1 aliphatic carbocycles. The minimum atomic E-state index is -0.691. The Hall–Kier alpha value is -1.63. The maximum absolute atomic E-state index is 12.6. The molecule has 2 N–H and O–H groups in total. The minimum absolute atomic E-state index is 0.0785. The van der Waals surface area contributed by atoms with E-state index in [1.54, 1.807) is 0 Å². The van der Waals surface area contributed by atoms with Gasteiger partial charge < -0.3 is 10.6 Å². The summed E-state index contributed by atoms with van der Waals surface area (Å²) in [4.78, 5) is 40.6. The summed E-state index contributed by atoms with van der Waals surface area (Å²) >= 11 is 0. The number of nitrogens with zero attached hydrogens (tertiary/aromatic N) is 2. The molecule has 0 radical (unpaired) electrons. The zero-order valence-corrected chi connectivity index (χ0v) is 16.1. The van der Waals surface area contributed by atoms with Crippen molar-refractivity contribution in [3.63, 3.8) is 0 Å². The lowest BCUT2D eigenvalue weighted by Crippen LogP contribution is -2.53. The summed E-state index contributed by atoms with van der Waals surface area (Å²) in [6, 6.07) is -0.349. The molecule has 3 aliphatic rings. The number of urea groups is 1. The highest BCUT2D eigenvalue weighted by Crippen LogP contribution is 2.35. The van der Waals surface area contributed by atoms with E-state index in [1.165, 1.54) is 24.2 Å². The van der Waals surface area contributed by atoms with Crippen molar-refractivity contribution in [3.8, 4) is 0 Å². The van der Waals surface area contributed by atoms with Gasteiger partial charge in [-0.05, 0) is 52.6 Å². The molecule has 7 nitrogen and oxygen atoms in total. The van der Waals surface area contributed by atoms with E-state index in [1.807, 2.05) is 0 Å². The molecule has 0 atom stereocenters. The quantitative estimate of drug-likeness (QED) is 0.702. The van der Waals surface area contributed by atoms with E-state index in [2.05, 4.69) is 29.4 Å². The first-order chi connectivity index (χ1) is 12.3. The van der Waals surface area contributed by atoms with Gasteiger partial charge in [-0.1, -0.05) is 19.3 Å². The molecule has 3 fully saturated rings. The maximum atomic E-state index is 12.6. The van der Waals surface area contributed by atoms with Gasteiger partial charge >= 0.3 is 6.03 Å². The van der Waals surface area contributed by atoms with Crippen LogP contribution in [0.25, 0.3) is 0 Å². The van der Waals surface area contributed by atoms with Gasteiger partial charge in [0.05, 0.1) is 0 Å². The first-order valence-electron chi connectivity index (χ1n) is 10.00. The number of carbonyl (C=O) groups is 3. The summed E-state index contributed by atoms with van der Waals surface area (Å²) in [5.74, 6) is -0.260. The van der Waals surface area contributed by atoms with E-state index in [4.69, 9.17) is 0 Å². The number of piperidine rings is 1. The van der Waals surface area contributed by atoms with Crippen LogP contribution in [0.15, 0.2) is 0 Å². The fraction of sp³-hybridized carbons (Fsp3) is 0.842. The molecular formula is C19H32N4O3. The van der Waals surface area contributed by atoms with Gasteiger partial charge in [-0.3, -0.25) is 19.4 Å². The molecule has 26 heavy (non-hydrogen) atoms. The van der Waals surface area contributed by atoms with Crippen LogP contribution < -0.4 is 10.6 Å². The van der Waals surface area contributed by atoms with Gasteiger partial charge in [0.2, 0.25) is 5.91 Å². The van der Waals surface area contributed by atoms with Crippen LogP contribution in [0.1, 0.15) is 65.2 Å². The van der Waals surface area contributed by atoms with E-state index in [9.17, 15) is 14.4 Å². The zero-order valence-electron chi connectivity index (χ0n) is 16.1. The number of nitrogens with one attached hydrogen (secondary N) is 2. The molecule has 0 unspecified atom stereocenters. The van der Waals surface area contributed by atoms with Gasteiger partial charge in [0.1, 0.15) is 5.54 Å². The minimum Gasteiger partial charge on any atom is -0.354 e. The summed E-state index contributed by atoms with van der Waals surface area (Å²) < 4.78 is 0. The highest BCUT2D eigenvalue weighted by atomic mass is 16.2. The van der Waals surface area contributed by atoms with E-state index in [-0.39, 0.29) is 36.3 Å². The number of amides is 4. The number of rotatable bonds is 6. The molecule has 2 saturated heterocycles. The van der Waals surface area contributed by atoms with Crippen LogP contribution in [0, 0.1) is 0 Å². The average Bonchev–Trinajstić information content (AvgIpc) is 3.18. The lowest BCUT2D eigenvalue weighted by atomic mass is 9.98. The monoisotopic (exact) mass is 364 g/mol. The largest absolute Gasteiger partial charge is 0.354 e. The Kier molecular flexibility index (Phi) is 5.55. The van der Waals surface area contributed by atoms with Crippen LogP contribution in [0.5, 0.6) is 0 Å². The smallest absolute Gasteiger partial charge is 0.325 e. The molecule has 146 valence electrons. The average molecular weight is 364 g/mol. The van der Waals surface area contributed by atoms with Gasteiger partial charge in [0, 0.05) is 25.0 Å². The molecule has 7 heteroatoms. The molecule has 0 aromatic carbocycles. The van der Waals surface area contributed by atoms with Crippen molar-refractivity contribution in [1.29, 1.82) is 0 Å². The molecule has 0 bridgehead atoms. The molecular weight excluding hydrogens is 332 g/mol. The SMILES string of the molecule is CC(C)(CNC(=O)CCN1C(=O)NC2(CCCC2)C1=O)N1CCCCC1. The maximum Gasteiger partial charge on any atom is 0.325 e. The molecule has 0 aromatic rings. The second-order valence-corrected chi connectivity index (χ2v) is 8.56. The Labute approximate surface area is 155 Å². The Balaban J connectivity index is 1.45. The van der Waals surface area contributed by atoms with Crippen molar-refractivity contribution < 1.29 is 14.4 Å². The van der Waals surface area contributed by atoms with Crippen molar-refractivity contribution in [2.24, 2.45) is 0 Å². The van der Waals surface area contributed by atoms with Crippen LogP contribution in [0.3, 0.4) is 0 Å². The standard InChI is InChI=1S/C19H32N4O3/c1-18(2,22-11-6-3-7-12-22)14-20-15(24)8-13-23-16(25)19(21-17(23)26)9-4-5-10-19/h3-14H2,1-2H3,(H,20,24)(H,21,26). The fourth-order valence-electron chi connectivity index (χ4n) is 4.42. The molecule has 1 spiro atoms. The summed E-state index contributed by atoms with van der Waals surface area (Å²) in [7, 11) is 0.